The average molecular weight is 316 g/mol. The standard InChI is InChI=1S/C15H22ClNO2S/c1-9-5-11(3)14(13(16)6-9)17-15(19)12(4)20-8-10(2)7-18/h5-6,10,12,18H,7-8H2,1-4H3,(H,17,19). The Morgan fingerprint density at radius 3 is 2.60 bits per heavy atom. The molecule has 0 heterocycles. The normalized spacial score (nSPS) is 13.9. The number of aliphatic hydroxyl groups is 1. The molecule has 112 valence electrons. The Bertz CT molecular complexity index is 456. The molecule has 0 aliphatic heterocycles. The second-order valence-electron chi connectivity index (χ2n) is 5.19. The Hall–Kier alpha value is -0.710. The zero-order chi connectivity index (χ0) is 15.3. The van der Waals surface area contributed by atoms with E-state index >= 15 is 0 Å². The Labute approximate surface area is 130 Å². The highest BCUT2D eigenvalue weighted by Gasteiger charge is 2.17. The number of rotatable bonds is 6. The molecule has 0 fully saturated rings. The van der Waals surface area contributed by atoms with E-state index in [0.29, 0.717) is 10.7 Å². The van der Waals surface area contributed by atoms with Crippen LogP contribution >= 0.6 is 23.4 Å². The summed E-state index contributed by atoms with van der Waals surface area (Å²) in [5.41, 5.74) is 2.72. The van der Waals surface area contributed by atoms with E-state index in [1.807, 2.05) is 39.8 Å². The molecule has 2 unspecified atom stereocenters. The summed E-state index contributed by atoms with van der Waals surface area (Å²) < 4.78 is 0. The summed E-state index contributed by atoms with van der Waals surface area (Å²) in [5, 5.41) is 12.3. The molecule has 1 rings (SSSR count). The second-order valence-corrected chi connectivity index (χ2v) is 6.97. The van der Waals surface area contributed by atoms with Crippen LogP contribution in [0, 0.1) is 19.8 Å². The molecule has 0 saturated carbocycles. The van der Waals surface area contributed by atoms with Gasteiger partial charge in [0.25, 0.3) is 0 Å². The Morgan fingerprint density at radius 1 is 1.40 bits per heavy atom. The molecular formula is C15H22ClNO2S. The number of anilines is 1. The van der Waals surface area contributed by atoms with Gasteiger partial charge in [-0.05, 0) is 49.6 Å². The van der Waals surface area contributed by atoms with Crippen molar-refractivity contribution in [3.8, 4) is 0 Å². The van der Waals surface area contributed by atoms with Crippen LogP contribution in [0.3, 0.4) is 0 Å². The third kappa shape index (κ3) is 5.00. The lowest BCUT2D eigenvalue weighted by atomic mass is 10.1. The molecule has 0 saturated heterocycles. The number of aryl methyl sites for hydroxylation is 2. The summed E-state index contributed by atoms with van der Waals surface area (Å²) in [6.45, 7) is 7.86. The van der Waals surface area contributed by atoms with E-state index < -0.39 is 0 Å². The molecule has 1 aromatic carbocycles. The number of nitrogens with one attached hydrogen (secondary N) is 1. The quantitative estimate of drug-likeness (QED) is 0.842. The minimum Gasteiger partial charge on any atom is -0.396 e. The molecule has 1 amide bonds. The summed E-state index contributed by atoms with van der Waals surface area (Å²) >= 11 is 7.72. The molecule has 0 spiro atoms. The SMILES string of the molecule is Cc1cc(C)c(NC(=O)C(C)SCC(C)CO)c(Cl)c1. The number of halogens is 1. The van der Waals surface area contributed by atoms with Crippen LogP contribution in [0.25, 0.3) is 0 Å². The van der Waals surface area contributed by atoms with E-state index in [0.717, 1.165) is 16.9 Å². The van der Waals surface area contributed by atoms with Crippen molar-refractivity contribution in [2.75, 3.05) is 17.7 Å². The molecule has 2 N–H and O–H groups in total. The van der Waals surface area contributed by atoms with Gasteiger partial charge in [-0.1, -0.05) is 24.6 Å². The van der Waals surface area contributed by atoms with Gasteiger partial charge in [-0.3, -0.25) is 4.79 Å². The average Bonchev–Trinajstić information content (AvgIpc) is 2.39. The molecule has 5 heteroatoms. The van der Waals surface area contributed by atoms with E-state index in [-0.39, 0.29) is 23.7 Å². The first-order chi connectivity index (χ1) is 9.35. The van der Waals surface area contributed by atoms with Crippen LogP contribution in [-0.2, 0) is 4.79 Å². The van der Waals surface area contributed by atoms with Crippen molar-refractivity contribution in [1.29, 1.82) is 0 Å². The fourth-order valence-electron chi connectivity index (χ4n) is 1.74. The maximum Gasteiger partial charge on any atom is 0.237 e. The third-order valence-electron chi connectivity index (χ3n) is 2.99. The van der Waals surface area contributed by atoms with Crippen LogP contribution in [-0.4, -0.2) is 28.6 Å². The first-order valence-electron chi connectivity index (χ1n) is 6.65. The Morgan fingerprint density at radius 2 is 2.05 bits per heavy atom. The first kappa shape index (κ1) is 17.3. The molecule has 1 aromatic rings. The number of carbonyl (C=O) groups excluding carboxylic acids is 1. The van der Waals surface area contributed by atoms with E-state index in [9.17, 15) is 4.79 Å². The highest BCUT2D eigenvalue weighted by Crippen LogP contribution is 2.28. The van der Waals surface area contributed by atoms with Gasteiger partial charge < -0.3 is 10.4 Å². The van der Waals surface area contributed by atoms with Gasteiger partial charge >= 0.3 is 0 Å². The molecule has 2 atom stereocenters. The molecular weight excluding hydrogens is 294 g/mol. The number of hydrogen-bond acceptors (Lipinski definition) is 3. The van der Waals surface area contributed by atoms with Crippen molar-refractivity contribution >= 4 is 35.0 Å². The summed E-state index contributed by atoms with van der Waals surface area (Å²) in [4.78, 5) is 12.1. The minimum atomic E-state index is -0.180. The van der Waals surface area contributed by atoms with Gasteiger partial charge in [-0.25, -0.2) is 0 Å². The number of hydrogen-bond donors (Lipinski definition) is 2. The van der Waals surface area contributed by atoms with Crippen molar-refractivity contribution in [3.63, 3.8) is 0 Å². The van der Waals surface area contributed by atoms with Crippen LogP contribution in [0.5, 0.6) is 0 Å². The summed E-state index contributed by atoms with van der Waals surface area (Å²) in [6.07, 6.45) is 0. The van der Waals surface area contributed by atoms with Gasteiger partial charge in [0.2, 0.25) is 5.91 Å². The summed E-state index contributed by atoms with van der Waals surface area (Å²) in [6, 6.07) is 3.84. The number of aliphatic hydroxyl groups excluding tert-OH is 1. The molecule has 0 bridgehead atoms. The van der Waals surface area contributed by atoms with Crippen LogP contribution in [0.4, 0.5) is 5.69 Å². The fraction of sp³-hybridized carbons (Fsp3) is 0.533. The molecule has 20 heavy (non-hydrogen) atoms. The largest absolute Gasteiger partial charge is 0.396 e. The lowest BCUT2D eigenvalue weighted by Gasteiger charge is -2.16. The predicted molar refractivity (Wildman–Crippen MR) is 87.7 cm³/mol. The number of thioether (sulfide) groups is 1. The van der Waals surface area contributed by atoms with Crippen LogP contribution in [0.1, 0.15) is 25.0 Å². The molecule has 0 aliphatic rings. The maximum absolute atomic E-state index is 12.1. The summed E-state index contributed by atoms with van der Waals surface area (Å²) in [7, 11) is 0. The number of carbonyl (C=O) groups is 1. The fourth-order valence-corrected chi connectivity index (χ4v) is 3.04. The van der Waals surface area contributed by atoms with Crippen LogP contribution < -0.4 is 5.32 Å². The Kier molecular flexibility index (Phi) is 6.86. The van der Waals surface area contributed by atoms with E-state index in [2.05, 4.69) is 5.32 Å². The van der Waals surface area contributed by atoms with Crippen molar-refractivity contribution in [3.05, 3.63) is 28.3 Å². The zero-order valence-electron chi connectivity index (χ0n) is 12.4. The van der Waals surface area contributed by atoms with Gasteiger partial charge in [0.1, 0.15) is 0 Å². The third-order valence-corrected chi connectivity index (χ3v) is 4.77. The van der Waals surface area contributed by atoms with Crippen LogP contribution in [0.2, 0.25) is 5.02 Å². The highest BCUT2D eigenvalue weighted by molar-refractivity contribution is 8.00. The lowest BCUT2D eigenvalue weighted by molar-refractivity contribution is -0.115. The topological polar surface area (TPSA) is 49.3 Å². The lowest BCUT2D eigenvalue weighted by Crippen LogP contribution is -2.24. The van der Waals surface area contributed by atoms with Gasteiger partial charge in [-0.2, -0.15) is 0 Å². The smallest absolute Gasteiger partial charge is 0.237 e. The van der Waals surface area contributed by atoms with Gasteiger partial charge in [-0.15, -0.1) is 11.8 Å². The van der Waals surface area contributed by atoms with Crippen molar-refractivity contribution in [2.45, 2.75) is 32.9 Å². The maximum atomic E-state index is 12.1. The van der Waals surface area contributed by atoms with Crippen molar-refractivity contribution < 1.29 is 9.90 Å². The number of amides is 1. The Balaban J connectivity index is 2.66. The predicted octanol–water partition coefficient (Wildman–Crippen LogP) is 3.65. The number of benzene rings is 1. The van der Waals surface area contributed by atoms with Crippen molar-refractivity contribution in [1.82, 2.24) is 0 Å². The summed E-state index contributed by atoms with van der Waals surface area (Å²) in [5.74, 6) is 0.889. The first-order valence-corrected chi connectivity index (χ1v) is 8.08. The second kappa shape index (κ2) is 7.91. The van der Waals surface area contributed by atoms with Gasteiger partial charge in [0, 0.05) is 6.61 Å². The molecule has 3 nitrogen and oxygen atoms in total. The minimum absolute atomic E-state index is 0.0611. The molecule has 0 radical (unpaired) electrons. The molecule has 0 aromatic heterocycles. The van der Waals surface area contributed by atoms with E-state index in [1.54, 1.807) is 0 Å². The highest BCUT2D eigenvalue weighted by atomic mass is 35.5. The monoisotopic (exact) mass is 315 g/mol. The zero-order valence-corrected chi connectivity index (χ0v) is 13.9. The van der Waals surface area contributed by atoms with Crippen molar-refractivity contribution in [2.24, 2.45) is 5.92 Å². The van der Waals surface area contributed by atoms with Gasteiger partial charge in [0.15, 0.2) is 0 Å². The molecule has 0 aliphatic carbocycles. The van der Waals surface area contributed by atoms with Gasteiger partial charge in [0.05, 0.1) is 16.0 Å². The van der Waals surface area contributed by atoms with E-state index in [4.69, 9.17) is 16.7 Å². The van der Waals surface area contributed by atoms with Crippen LogP contribution in [0.15, 0.2) is 12.1 Å². The van der Waals surface area contributed by atoms with E-state index in [1.165, 1.54) is 11.8 Å².